The Balaban J connectivity index is 2.11. The second-order valence-corrected chi connectivity index (χ2v) is 5.68. The maximum atomic E-state index is 12.3. The molecule has 1 fully saturated rings. The van der Waals surface area contributed by atoms with Crippen LogP contribution in [0.4, 0.5) is 0 Å². The van der Waals surface area contributed by atoms with Crippen LogP contribution in [0, 0.1) is 12.8 Å². The van der Waals surface area contributed by atoms with E-state index in [1.54, 1.807) is 6.92 Å². The van der Waals surface area contributed by atoms with Crippen LogP contribution in [0.1, 0.15) is 48.4 Å². The van der Waals surface area contributed by atoms with Crippen molar-refractivity contribution in [3.05, 3.63) is 22.7 Å². The van der Waals surface area contributed by atoms with E-state index >= 15 is 0 Å². The second-order valence-electron chi connectivity index (χ2n) is 5.27. The van der Waals surface area contributed by atoms with Crippen LogP contribution in [0.5, 0.6) is 0 Å². The number of aliphatic hydroxyl groups excluding tert-OH is 1. The number of carbonyl (C=O) groups excluding carboxylic acids is 1. The standard InChI is InChI=1S/C14H20ClN3O2/c1-9-16-7-11(15)13(17-9)14(20)18-12-6-4-2-3-5-10(12)8-19/h7,10,12,19H,2-6,8H2,1H3,(H,18,20). The van der Waals surface area contributed by atoms with Gasteiger partial charge in [-0.25, -0.2) is 9.97 Å². The lowest BCUT2D eigenvalue weighted by Crippen LogP contribution is -2.41. The molecule has 1 amide bonds. The molecule has 1 aliphatic carbocycles. The Bertz CT molecular complexity index is 481. The molecule has 0 aliphatic heterocycles. The Kier molecular flexibility index (Phi) is 5.31. The fraction of sp³-hybridized carbons (Fsp3) is 0.643. The Morgan fingerprint density at radius 1 is 1.45 bits per heavy atom. The molecule has 1 aromatic heterocycles. The number of halogens is 1. The third-order valence-corrected chi connectivity index (χ3v) is 4.07. The second kappa shape index (κ2) is 6.99. The lowest BCUT2D eigenvalue weighted by molar-refractivity contribution is 0.0894. The summed E-state index contributed by atoms with van der Waals surface area (Å²) in [6, 6.07) is -0.0126. The van der Waals surface area contributed by atoms with Crippen LogP contribution in [0.25, 0.3) is 0 Å². The summed E-state index contributed by atoms with van der Waals surface area (Å²) < 4.78 is 0. The molecule has 1 aromatic rings. The van der Waals surface area contributed by atoms with Crippen LogP contribution in [0.3, 0.4) is 0 Å². The lowest BCUT2D eigenvalue weighted by atomic mass is 9.95. The summed E-state index contributed by atoms with van der Waals surface area (Å²) >= 11 is 5.98. The highest BCUT2D eigenvalue weighted by atomic mass is 35.5. The highest BCUT2D eigenvalue weighted by Crippen LogP contribution is 2.24. The predicted molar refractivity (Wildman–Crippen MR) is 76.7 cm³/mol. The first-order valence-electron chi connectivity index (χ1n) is 7.02. The topological polar surface area (TPSA) is 75.1 Å². The lowest BCUT2D eigenvalue weighted by Gasteiger charge is -2.24. The van der Waals surface area contributed by atoms with Gasteiger partial charge in [0.1, 0.15) is 11.5 Å². The van der Waals surface area contributed by atoms with Gasteiger partial charge in [-0.1, -0.05) is 30.9 Å². The van der Waals surface area contributed by atoms with Crippen LogP contribution in [0.15, 0.2) is 6.20 Å². The zero-order valence-electron chi connectivity index (χ0n) is 11.6. The van der Waals surface area contributed by atoms with E-state index in [9.17, 15) is 9.90 Å². The summed E-state index contributed by atoms with van der Waals surface area (Å²) in [4.78, 5) is 20.3. The summed E-state index contributed by atoms with van der Waals surface area (Å²) in [6.07, 6.45) is 6.59. The molecule has 0 aromatic carbocycles. The fourth-order valence-corrected chi connectivity index (χ4v) is 2.82. The van der Waals surface area contributed by atoms with Crippen molar-refractivity contribution in [2.45, 2.75) is 45.1 Å². The average Bonchev–Trinajstić information content (AvgIpc) is 2.66. The summed E-state index contributed by atoms with van der Waals surface area (Å²) in [6.45, 7) is 1.82. The van der Waals surface area contributed by atoms with Gasteiger partial charge in [0.2, 0.25) is 0 Å². The molecule has 0 radical (unpaired) electrons. The maximum absolute atomic E-state index is 12.3. The molecule has 1 heterocycles. The van der Waals surface area contributed by atoms with Crippen molar-refractivity contribution < 1.29 is 9.90 Å². The molecular weight excluding hydrogens is 278 g/mol. The Morgan fingerprint density at radius 2 is 2.20 bits per heavy atom. The number of nitrogens with one attached hydrogen (secondary N) is 1. The predicted octanol–water partition coefficient (Wildman–Crippen LogP) is 2.11. The Hall–Kier alpha value is -1.20. The highest BCUT2D eigenvalue weighted by Gasteiger charge is 2.26. The van der Waals surface area contributed by atoms with Crippen molar-refractivity contribution in [2.24, 2.45) is 5.92 Å². The smallest absolute Gasteiger partial charge is 0.271 e. The molecule has 110 valence electrons. The molecule has 6 heteroatoms. The van der Waals surface area contributed by atoms with Gasteiger partial charge in [-0.05, 0) is 19.8 Å². The van der Waals surface area contributed by atoms with Crippen LogP contribution < -0.4 is 5.32 Å². The largest absolute Gasteiger partial charge is 0.396 e. The monoisotopic (exact) mass is 297 g/mol. The molecule has 0 saturated heterocycles. The summed E-state index contributed by atoms with van der Waals surface area (Å²) in [5.74, 6) is 0.341. The minimum atomic E-state index is -0.286. The minimum Gasteiger partial charge on any atom is -0.396 e. The molecule has 2 unspecified atom stereocenters. The number of amides is 1. The van der Waals surface area contributed by atoms with E-state index in [0.717, 1.165) is 32.1 Å². The van der Waals surface area contributed by atoms with Crippen LogP contribution >= 0.6 is 11.6 Å². The van der Waals surface area contributed by atoms with Crippen molar-refractivity contribution in [3.63, 3.8) is 0 Å². The van der Waals surface area contributed by atoms with Crippen LogP contribution in [-0.4, -0.2) is 33.6 Å². The van der Waals surface area contributed by atoms with E-state index in [1.807, 2.05) is 0 Å². The molecule has 2 atom stereocenters. The number of hydrogen-bond acceptors (Lipinski definition) is 4. The van der Waals surface area contributed by atoms with E-state index in [2.05, 4.69) is 15.3 Å². The Morgan fingerprint density at radius 3 is 2.95 bits per heavy atom. The minimum absolute atomic E-state index is 0.0126. The molecule has 1 saturated carbocycles. The van der Waals surface area contributed by atoms with Gasteiger partial charge >= 0.3 is 0 Å². The van der Waals surface area contributed by atoms with Crippen LogP contribution in [-0.2, 0) is 0 Å². The first-order chi connectivity index (χ1) is 9.61. The van der Waals surface area contributed by atoms with Crippen molar-refractivity contribution >= 4 is 17.5 Å². The van der Waals surface area contributed by atoms with Gasteiger partial charge in [-0.15, -0.1) is 0 Å². The van der Waals surface area contributed by atoms with E-state index < -0.39 is 0 Å². The number of aryl methyl sites for hydroxylation is 1. The summed E-state index contributed by atoms with van der Waals surface area (Å²) in [5, 5.41) is 12.7. The molecule has 2 rings (SSSR count). The fourth-order valence-electron chi connectivity index (χ4n) is 2.64. The maximum Gasteiger partial charge on any atom is 0.271 e. The van der Waals surface area contributed by atoms with Crippen molar-refractivity contribution in [3.8, 4) is 0 Å². The zero-order chi connectivity index (χ0) is 14.5. The van der Waals surface area contributed by atoms with Gasteiger partial charge in [0.25, 0.3) is 5.91 Å². The van der Waals surface area contributed by atoms with Crippen molar-refractivity contribution in [1.82, 2.24) is 15.3 Å². The van der Waals surface area contributed by atoms with E-state index in [0.29, 0.717) is 5.82 Å². The molecule has 1 aliphatic rings. The van der Waals surface area contributed by atoms with Crippen molar-refractivity contribution in [1.29, 1.82) is 0 Å². The molecule has 20 heavy (non-hydrogen) atoms. The first-order valence-corrected chi connectivity index (χ1v) is 7.40. The molecule has 0 spiro atoms. The zero-order valence-corrected chi connectivity index (χ0v) is 12.4. The summed E-state index contributed by atoms with van der Waals surface area (Å²) in [7, 11) is 0. The molecule has 0 bridgehead atoms. The van der Waals surface area contributed by atoms with E-state index in [4.69, 9.17) is 11.6 Å². The number of hydrogen-bond donors (Lipinski definition) is 2. The summed E-state index contributed by atoms with van der Waals surface area (Å²) in [5.41, 5.74) is 0.208. The first kappa shape index (κ1) is 15.2. The van der Waals surface area contributed by atoms with E-state index in [1.165, 1.54) is 6.20 Å². The Labute approximate surface area is 123 Å². The van der Waals surface area contributed by atoms with Crippen LogP contribution in [0.2, 0.25) is 5.02 Å². The molecule has 2 N–H and O–H groups in total. The van der Waals surface area contributed by atoms with Gasteiger partial charge in [-0.2, -0.15) is 0 Å². The van der Waals surface area contributed by atoms with Gasteiger partial charge in [-0.3, -0.25) is 4.79 Å². The molecular formula is C14H20ClN3O2. The number of carbonyl (C=O) groups is 1. The normalized spacial score (nSPS) is 23.1. The van der Waals surface area contributed by atoms with Gasteiger partial charge in [0.05, 0.1) is 11.2 Å². The number of aliphatic hydroxyl groups is 1. The third kappa shape index (κ3) is 3.67. The highest BCUT2D eigenvalue weighted by molar-refractivity contribution is 6.33. The SMILES string of the molecule is Cc1ncc(Cl)c(C(=O)NC2CCCCCC2CO)n1. The number of nitrogens with zero attached hydrogens (tertiary/aromatic N) is 2. The number of rotatable bonds is 3. The van der Waals surface area contributed by atoms with Gasteiger partial charge in [0.15, 0.2) is 0 Å². The van der Waals surface area contributed by atoms with Crippen molar-refractivity contribution in [2.75, 3.05) is 6.61 Å². The van der Waals surface area contributed by atoms with Gasteiger partial charge in [0, 0.05) is 18.6 Å². The number of aromatic nitrogens is 2. The quantitative estimate of drug-likeness (QED) is 0.838. The van der Waals surface area contributed by atoms with E-state index in [-0.39, 0.29) is 35.2 Å². The molecule has 5 nitrogen and oxygen atoms in total. The van der Waals surface area contributed by atoms with Gasteiger partial charge < -0.3 is 10.4 Å². The third-order valence-electron chi connectivity index (χ3n) is 3.79. The average molecular weight is 298 g/mol.